The fraction of sp³-hybridized carbons (Fsp3) is 0.333. The van der Waals surface area contributed by atoms with E-state index < -0.39 is 0 Å². The Labute approximate surface area is 232 Å². The number of nitrogen functional groups attached to an aromatic ring is 1. The Morgan fingerprint density at radius 3 is 2.92 bits per heavy atom. The fourth-order valence-corrected chi connectivity index (χ4v) is 5.20. The molecule has 0 spiro atoms. The van der Waals surface area contributed by atoms with E-state index in [1.54, 1.807) is 7.11 Å². The Morgan fingerprint density at radius 2 is 2.10 bits per heavy atom. The third-order valence-electron chi connectivity index (χ3n) is 7.20. The molecule has 0 aliphatic carbocycles. The number of anilines is 2. The summed E-state index contributed by atoms with van der Waals surface area (Å²) in [6, 6.07) is 10.2. The van der Waals surface area contributed by atoms with Gasteiger partial charge < -0.3 is 25.3 Å². The zero-order valence-corrected chi connectivity index (χ0v) is 22.8. The lowest BCUT2D eigenvalue weighted by molar-refractivity contribution is 0.113. The molecule has 3 N–H and O–H groups in total. The lowest BCUT2D eigenvalue weighted by Gasteiger charge is -2.13. The van der Waals surface area contributed by atoms with Crippen molar-refractivity contribution in [1.82, 2.24) is 24.5 Å². The first-order chi connectivity index (χ1) is 19.6. The van der Waals surface area contributed by atoms with Crippen molar-refractivity contribution in [3.8, 4) is 11.4 Å². The number of hydrogen-bond acceptors (Lipinski definition) is 9. The summed E-state index contributed by atoms with van der Waals surface area (Å²) in [5.74, 6) is 1.20. The van der Waals surface area contributed by atoms with Gasteiger partial charge in [-0.25, -0.2) is 9.97 Å². The van der Waals surface area contributed by atoms with Gasteiger partial charge in [0.1, 0.15) is 30.1 Å². The summed E-state index contributed by atoms with van der Waals surface area (Å²) in [5, 5.41) is 5.34. The summed E-state index contributed by atoms with van der Waals surface area (Å²) in [4.78, 5) is 18.1. The van der Waals surface area contributed by atoms with Crippen LogP contribution in [0.3, 0.4) is 0 Å². The number of methoxy groups -OCH3 is 1. The van der Waals surface area contributed by atoms with Gasteiger partial charge in [0.25, 0.3) is 0 Å². The highest BCUT2D eigenvalue weighted by molar-refractivity contribution is 5.92. The first-order valence-electron chi connectivity index (χ1n) is 13.6. The lowest BCUT2D eigenvalue weighted by Crippen LogP contribution is -2.08. The maximum absolute atomic E-state index is 6.29. The zero-order valence-electron chi connectivity index (χ0n) is 22.8. The van der Waals surface area contributed by atoms with Crippen molar-refractivity contribution >= 4 is 33.4 Å². The third-order valence-corrected chi connectivity index (χ3v) is 7.20. The molecule has 40 heavy (non-hydrogen) atoms. The topological polar surface area (TPSA) is 122 Å². The van der Waals surface area contributed by atoms with Crippen LogP contribution in [0.4, 0.5) is 11.5 Å². The predicted octanol–water partition coefficient (Wildman–Crippen LogP) is 5.00. The van der Waals surface area contributed by atoms with Gasteiger partial charge in [-0.3, -0.25) is 14.5 Å². The van der Waals surface area contributed by atoms with Crippen LogP contribution in [0.1, 0.15) is 42.7 Å². The van der Waals surface area contributed by atoms with Crippen LogP contribution in [0, 0.1) is 0 Å². The minimum Gasteiger partial charge on any atom is -0.489 e. The monoisotopic (exact) mass is 539 g/mol. The van der Waals surface area contributed by atoms with E-state index >= 15 is 0 Å². The molecule has 5 aromatic rings. The first-order valence-corrected chi connectivity index (χ1v) is 13.6. The number of nitrogens with zero attached hydrogens (tertiary/aromatic N) is 5. The van der Waals surface area contributed by atoms with Crippen LogP contribution < -0.4 is 15.8 Å². The van der Waals surface area contributed by atoms with Crippen molar-refractivity contribution < 1.29 is 14.2 Å². The Hall–Kier alpha value is -4.28. The lowest BCUT2D eigenvalue weighted by atomic mass is 10.1. The predicted molar refractivity (Wildman–Crippen MR) is 155 cm³/mol. The molecule has 1 saturated heterocycles. The quantitative estimate of drug-likeness (QED) is 0.236. The van der Waals surface area contributed by atoms with Gasteiger partial charge in [-0.2, -0.15) is 0 Å². The maximum Gasteiger partial charge on any atom is 0.150 e. The molecule has 10 nitrogen and oxygen atoms in total. The van der Waals surface area contributed by atoms with E-state index in [4.69, 9.17) is 24.9 Å². The summed E-state index contributed by atoms with van der Waals surface area (Å²) in [7, 11) is 1.70. The molecule has 0 saturated carbocycles. The van der Waals surface area contributed by atoms with Crippen molar-refractivity contribution in [2.75, 3.05) is 37.9 Å². The molecule has 0 amide bonds. The normalized spacial score (nSPS) is 15.2. The number of pyridine rings is 2. The standard InChI is InChI=1S/C30H33N7O3/c1-3-20-12-25(33-8-10-38-2)23-7-6-22(13-26(23)36-20)40-17-19-11-21(15-32-14-19)37-16-24(27-5-4-9-39-27)28-29(31)34-18-35-30(28)37/h6-7,11-16,18,27H,3-5,8-10,17H2,1-2H3,(H,33,36)(H2,31,34,35)/t27-/m0/s1. The molecular weight excluding hydrogens is 506 g/mol. The van der Waals surface area contributed by atoms with E-state index in [9.17, 15) is 0 Å². The van der Waals surface area contributed by atoms with E-state index in [1.165, 1.54) is 6.33 Å². The third kappa shape index (κ3) is 5.15. The second-order valence-electron chi connectivity index (χ2n) is 9.87. The highest BCUT2D eigenvalue weighted by atomic mass is 16.5. The van der Waals surface area contributed by atoms with Gasteiger partial charge in [0.15, 0.2) is 0 Å². The van der Waals surface area contributed by atoms with Gasteiger partial charge in [-0.15, -0.1) is 0 Å². The number of rotatable bonds is 10. The van der Waals surface area contributed by atoms with Crippen molar-refractivity contribution in [2.24, 2.45) is 0 Å². The second kappa shape index (κ2) is 11.4. The van der Waals surface area contributed by atoms with Crippen molar-refractivity contribution in [2.45, 2.75) is 38.9 Å². The van der Waals surface area contributed by atoms with E-state index in [1.807, 2.05) is 41.4 Å². The summed E-state index contributed by atoms with van der Waals surface area (Å²) in [5.41, 5.74) is 12.8. The number of fused-ring (bicyclic) bond motifs is 2. The van der Waals surface area contributed by atoms with Crippen LogP contribution in [0.5, 0.6) is 5.75 Å². The van der Waals surface area contributed by atoms with Gasteiger partial charge in [-0.1, -0.05) is 6.92 Å². The van der Waals surface area contributed by atoms with Crippen LogP contribution in [0.25, 0.3) is 27.6 Å². The number of ether oxygens (including phenoxy) is 3. The first kappa shape index (κ1) is 26.0. The van der Waals surface area contributed by atoms with E-state index in [-0.39, 0.29) is 6.10 Å². The summed E-state index contributed by atoms with van der Waals surface area (Å²) in [6.07, 6.45) is 9.96. The molecule has 6 rings (SSSR count). The number of aromatic nitrogens is 5. The highest BCUT2D eigenvalue weighted by Crippen LogP contribution is 2.37. The van der Waals surface area contributed by atoms with Crippen LogP contribution in [0.2, 0.25) is 0 Å². The molecule has 0 radical (unpaired) electrons. The Balaban J connectivity index is 1.26. The van der Waals surface area contributed by atoms with Crippen LogP contribution in [-0.4, -0.2) is 51.4 Å². The zero-order chi connectivity index (χ0) is 27.5. The van der Waals surface area contributed by atoms with Gasteiger partial charge >= 0.3 is 0 Å². The van der Waals surface area contributed by atoms with Crippen molar-refractivity contribution in [3.63, 3.8) is 0 Å². The number of hydrogen-bond donors (Lipinski definition) is 2. The Kier molecular flexibility index (Phi) is 7.43. The smallest absolute Gasteiger partial charge is 0.150 e. The molecule has 10 heteroatoms. The van der Waals surface area contributed by atoms with Crippen molar-refractivity contribution in [3.05, 3.63) is 72.1 Å². The maximum atomic E-state index is 6.29. The van der Waals surface area contributed by atoms with Crippen molar-refractivity contribution in [1.29, 1.82) is 0 Å². The average molecular weight is 540 g/mol. The molecule has 0 bridgehead atoms. The SMILES string of the molecule is CCc1cc(NCCOC)c2ccc(OCc3cncc(-n4cc([C@@H]5CCCO5)c5c(N)ncnc54)c3)cc2n1. The molecule has 1 aliphatic heterocycles. The molecule has 1 fully saturated rings. The van der Waals surface area contributed by atoms with E-state index in [2.05, 4.69) is 39.3 Å². The van der Waals surface area contributed by atoms with Gasteiger partial charge in [0.2, 0.25) is 0 Å². The summed E-state index contributed by atoms with van der Waals surface area (Å²) >= 11 is 0. The molecule has 1 atom stereocenters. The van der Waals surface area contributed by atoms with Crippen LogP contribution in [-0.2, 0) is 22.5 Å². The van der Waals surface area contributed by atoms with E-state index in [0.29, 0.717) is 19.0 Å². The Bertz CT molecular complexity index is 1650. The molecule has 5 heterocycles. The average Bonchev–Trinajstić information content (AvgIpc) is 3.65. The molecule has 4 aromatic heterocycles. The number of benzene rings is 1. The highest BCUT2D eigenvalue weighted by Gasteiger charge is 2.25. The molecule has 206 valence electrons. The Morgan fingerprint density at radius 1 is 1.18 bits per heavy atom. The number of nitrogens with two attached hydrogens (primary N) is 1. The number of nitrogens with one attached hydrogen (secondary N) is 1. The molecular formula is C30H33N7O3. The van der Waals surface area contributed by atoms with Gasteiger partial charge in [0.05, 0.1) is 35.5 Å². The van der Waals surface area contributed by atoms with Gasteiger partial charge in [0, 0.05) is 66.6 Å². The number of aryl methyl sites for hydroxylation is 1. The molecule has 0 unspecified atom stereocenters. The molecule has 1 aliphatic rings. The minimum atomic E-state index is -0.0121. The van der Waals surface area contributed by atoms with E-state index in [0.717, 1.165) is 88.3 Å². The minimum absolute atomic E-state index is 0.0121. The second-order valence-corrected chi connectivity index (χ2v) is 9.87. The summed E-state index contributed by atoms with van der Waals surface area (Å²) in [6.45, 7) is 4.56. The largest absolute Gasteiger partial charge is 0.489 e. The van der Waals surface area contributed by atoms with Crippen LogP contribution >= 0.6 is 0 Å². The van der Waals surface area contributed by atoms with Crippen LogP contribution in [0.15, 0.2) is 55.2 Å². The molecule has 1 aromatic carbocycles. The fourth-order valence-electron chi connectivity index (χ4n) is 5.20. The van der Waals surface area contributed by atoms with Gasteiger partial charge in [-0.05, 0) is 43.5 Å². The summed E-state index contributed by atoms with van der Waals surface area (Å²) < 4.78 is 19.4.